The Morgan fingerprint density at radius 3 is 2.56 bits per heavy atom. The van der Waals surface area contributed by atoms with Gasteiger partial charge < -0.3 is 11.1 Å². The minimum absolute atomic E-state index is 0.436. The van der Waals surface area contributed by atoms with Gasteiger partial charge in [0.2, 0.25) is 0 Å². The van der Waals surface area contributed by atoms with Crippen molar-refractivity contribution >= 4 is 22.9 Å². The molecule has 0 atom stereocenters. The third-order valence-electron chi connectivity index (χ3n) is 3.55. The molecule has 0 bridgehead atoms. The van der Waals surface area contributed by atoms with Gasteiger partial charge >= 0.3 is 0 Å². The molecule has 1 saturated carbocycles. The van der Waals surface area contributed by atoms with Crippen LogP contribution in [0, 0.1) is 0 Å². The summed E-state index contributed by atoms with van der Waals surface area (Å²) in [4.78, 5) is 4.59. The second-order valence-electron chi connectivity index (χ2n) is 4.97. The SMILES string of the molecule is NC(=S)c1ccncc1NC1CCCCCCC1. The summed E-state index contributed by atoms with van der Waals surface area (Å²) in [6.07, 6.45) is 12.7. The van der Waals surface area contributed by atoms with Gasteiger partial charge in [-0.25, -0.2) is 0 Å². The van der Waals surface area contributed by atoms with Crippen LogP contribution in [0.1, 0.15) is 50.5 Å². The van der Waals surface area contributed by atoms with Crippen LogP contribution in [-0.2, 0) is 0 Å². The normalized spacial score (nSPS) is 17.8. The predicted octanol–water partition coefficient (Wildman–Crippen LogP) is 3.24. The van der Waals surface area contributed by atoms with Crippen molar-refractivity contribution in [3.63, 3.8) is 0 Å². The lowest BCUT2D eigenvalue weighted by atomic mass is 9.96. The van der Waals surface area contributed by atoms with E-state index in [-0.39, 0.29) is 0 Å². The van der Waals surface area contributed by atoms with Crippen molar-refractivity contribution in [2.24, 2.45) is 5.73 Å². The highest BCUT2D eigenvalue weighted by Gasteiger charge is 2.13. The molecule has 0 spiro atoms. The lowest BCUT2D eigenvalue weighted by Gasteiger charge is -2.23. The monoisotopic (exact) mass is 263 g/mol. The molecule has 1 fully saturated rings. The predicted molar refractivity (Wildman–Crippen MR) is 79.9 cm³/mol. The number of rotatable bonds is 3. The Morgan fingerprint density at radius 1 is 1.22 bits per heavy atom. The molecule has 1 aromatic heterocycles. The summed E-state index contributed by atoms with van der Waals surface area (Å²) in [5.74, 6) is 0. The molecule has 0 aromatic carbocycles. The van der Waals surface area contributed by atoms with Crippen molar-refractivity contribution in [2.45, 2.75) is 51.0 Å². The summed E-state index contributed by atoms with van der Waals surface area (Å²) >= 11 is 5.08. The van der Waals surface area contributed by atoms with Crippen LogP contribution >= 0.6 is 12.2 Å². The highest BCUT2D eigenvalue weighted by atomic mass is 32.1. The lowest BCUT2D eigenvalue weighted by Crippen LogP contribution is -2.23. The average molecular weight is 263 g/mol. The number of hydrogen-bond acceptors (Lipinski definition) is 3. The quantitative estimate of drug-likeness (QED) is 0.822. The van der Waals surface area contributed by atoms with E-state index in [9.17, 15) is 0 Å². The topological polar surface area (TPSA) is 50.9 Å². The molecule has 0 saturated heterocycles. The number of nitrogens with zero attached hydrogens (tertiary/aromatic N) is 1. The van der Waals surface area contributed by atoms with E-state index in [1.54, 1.807) is 6.20 Å². The summed E-state index contributed by atoms with van der Waals surface area (Å²) in [7, 11) is 0. The Labute approximate surface area is 114 Å². The summed E-state index contributed by atoms with van der Waals surface area (Å²) < 4.78 is 0. The first-order chi connectivity index (χ1) is 8.77. The van der Waals surface area contributed by atoms with Gasteiger partial charge in [-0.3, -0.25) is 4.98 Å². The van der Waals surface area contributed by atoms with Crippen LogP contribution in [0.25, 0.3) is 0 Å². The van der Waals surface area contributed by atoms with Gasteiger partial charge in [-0.1, -0.05) is 44.3 Å². The molecule has 1 aliphatic rings. The number of nitrogens with one attached hydrogen (secondary N) is 1. The largest absolute Gasteiger partial charge is 0.389 e. The van der Waals surface area contributed by atoms with Gasteiger partial charge in [-0.2, -0.15) is 0 Å². The molecule has 1 aliphatic carbocycles. The van der Waals surface area contributed by atoms with Gasteiger partial charge in [0.25, 0.3) is 0 Å². The zero-order valence-corrected chi connectivity index (χ0v) is 11.5. The van der Waals surface area contributed by atoms with Gasteiger partial charge in [-0.05, 0) is 18.9 Å². The molecule has 18 heavy (non-hydrogen) atoms. The highest BCUT2D eigenvalue weighted by Crippen LogP contribution is 2.22. The number of pyridine rings is 1. The molecule has 1 aromatic rings. The lowest BCUT2D eigenvalue weighted by molar-refractivity contribution is 0.471. The third kappa shape index (κ3) is 3.67. The molecule has 0 amide bonds. The van der Waals surface area contributed by atoms with E-state index >= 15 is 0 Å². The fourth-order valence-electron chi connectivity index (χ4n) is 2.54. The average Bonchev–Trinajstić information content (AvgIpc) is 2.33. The van der Waals surface area contributed by atoms with E-state index < -0.39 is 0 Å². The Kier molecular flexibility index (Phi) is 4.93. The van der Waals surface area contributed by atoms with Gasteiger partial charge in [0.15, 0.2) is 0 Å². The fourth-order valence-corrected chi connectivity index (χ4v) is 2.72. The van der Waals surface area contributed by atoms with E-state index in [4.69, 9.17) is 18.0 Å². The molecule has 1 heterocycles. The van der Waals surface area contributed by atoms with E-state index in [1.165, 1.54) is 44.9 Å². The summed E-state index contributed by atoms with van der Waals surface area (Å²) in [6, 6.07) is 2.41. The Balaban J connectivity index is 2.05. The van der Waals surface area contributed by atoms with Crippen molar-refractivity contribution in [3.05, 3.63) is 24.0 Å². The fraction of sp³-hybridized carbons (Fsp3) is 0.571. The van der Waals surface area contributed by atoms with Crippen molar-refractivity contribution in [1.29, 1.82) is 0 Å². The first kappa shape index (κ1) is 13.3. The standard InChI is InChI=1S/C14H21N3S/c15-14(18)12-8-9-16-10-13(12)17-11-6-4-2-1-3-5-7-11/h8-11,17H,1-7H2,(H2,15,18). The summed E-state index contributed by atoms with van der Waals surface area (Å²) in [5, 5.41) is 3.57. The minimum Gasteiger partial charge on any atom is -0.389 e. The molecule has 4 heteroatoms. The van der Waals surface area contributed by atoms with Crippen LogP contribution in [0.15, 0.2) is 18.5 Å². The molecule has 3 nitrogen and oxygen atoms in total. The Morgan fingerprint density at radius 2 is 1.89 bits per heavy atom. The van der Waals surface area contributed by atoms with E-state index in [0.717, 1.165) is 11.3 Å². The maximum absolute atomic E-state index is 5.74. The molecular formula is C14H21N3S. The maximum atomic E-state index is 5.74. The minimum atomic E-state index is 0.436. The van der Waals surface area contributed by atoms with Crippen LogP contribution in [0.4, 0.5) is 5.69 Å². The number of hydrogen-bond donors (Lipinski definition) is 2. The molecule has 2 rings (SSSR count). The third-order valence-corrected chi connectivity index (χ3v) is 3.77. The number of anilines is 1. The van der Waals surface area contributed by atoms with Crippen LogP contribution < -0.4 is 11.1 Å². The van der Waals surface area contributed by atoms with Gasteiger partial charge in [0.1, 0.15) is 4.99 Å². The Hall–Kier alpha value is -1.16. The second kappa shape index (κ2) is 6.69. The first-order valence-electron chi connectivity index (χ1n) is 6.78. The molecular weight excluding hydrogens is 242 g/mol. The van der Waals surface area contributed by atoms with Crippen LogP contribution in [-0.4, -0.2) is 16.0 Å². The second-order valence-corrected chi connectivity index (χ2v) is 5.41. The Bertz CT molecular complexity index is 398. The molecule has 98 valence electrons. The molecule has 3 N–H and O–H groups in total. The zero-order chi connectivity index (χ0) is 12.8. The van der Waals surface area contributed by atoms with Crippen molar-refractivity contribution in [3.8, 4) is 0 Å². The first-order valence-corrected chi connectivity index (χ1v) is 7.18. The van der Waals surface area contributed by atoms with Crippen molar-refractivity contribution in [1.82, 2.24) is 4.98 Å². The van der Waals surface area contributed by atoms with E-state index in [2.05, 4.69) is 10.3 Å². The van der Waals surface area contributed by atoms with Crippen molar-refractivity contribution < 1.29 is 0 Å². The maximum Gasteiger partial charge on any atom is 0.106 e. The molecule has 0 aliphatic heterocycles. The molecule has 0 unspecified atom stereocenters. The number of thiocarbonyl (C=S) groups is 1. The van der Waals surface area contributed by atoms with Gasteiger partial charge in [0, 0.05) is 17.8 Å². The zero-order valence-electron chi connectivity index (χ0n) is 10.7. The van der Waals surface area contributed by atoms with Crippen molar-refractivity contribution in [2.75, 3.05) is 5.32 Å². The van der Waals surface area contributed by atoms with Gasteiger partial charge in [0.05, 0.1) is 11.9 Å². The van der Waals surface area contributed by atoms with Crippen LogP contribution in [0.3, 0.4) is 0 Å². The van der Waals surface area contributed by atoms with Crippen LogP contribution in [0.5, 0.6) is 0 Å². The van der Waals surface area contributed by atoms with E-state index in [1.807, 2.05) is 12.3 Å². The summed E-state index contributed by atoms with van der Waals surface area (Å²) in [5.41, 5.74) is 7.63. The number of aromatic nitrogens is 1. The molecule has 0 radical (unpaired) electrons. The van der Waals surface area contributed by atoms with Gasteiger partial charge in [-0.15, -0.1) is 0 Å². The highest BCUT2D eigenvalue weighted by molar-refractivity contribution is 7.80. The number of nitrogens with two attached hydrogens (primary N) is 1. The smallest absolute Gasteiger partial charge is 0.106 e. The van der Waals surface area contributed by atoms with Crippen LogP contribution in [0.2, 0.25) is 0 Å². The summed E-state index contributed by atoms with van der Waals surface area (Å²) in [6.45, 7) is 0. The van der Waals surface area contributed by atoms with E-state index in [0.29, 0.717) is 11.0 Å².